The van der Waals surface area contributed by atoms with E-state index in [2.05, 4.69) is 25.9 Å². The third-order valence-corrected chi connectivity index (χ3v) is 2.96. The summed E-state index contributed by atoms with van der Waals surface area (Å²) >= 11 is 8.42. The van der Waals surface area contributed by atoms with Crippen LogP contribution in [-0.4, -0.2) is 17.1 Å². The lowest BCUT2D eigenvalue weighted by atomic mass is 10.1. The van der Waals surface area contributed by atoms with Crippen LogP contribution in [0.5, 0.6) is 5.75 Å². The molecule has 0 fully saturated rings. The zero-order chi connectivity index (χ0) is 11.5. The number of aromatic nitrogens is 2. The first-order chi connectivity index (χ1) is 7.70. The summed E-state index contributed by atoms with van der Waals surface area (Å²) in [4.78, 5) is 6.97. The number of halogens is 1. The number of rotatable bonds is 2. The van der Waals surface area contributed by atoms with Gasteiger partial charge in [0.1, 0.15) is 5.75 Å². The minimum absolute atomic E-state index is 0.476. The molecule has 0 spiro atoms. The van der Waals surface area contributed by atoms with E-state index >= 15 is 0 Å². The highest BCUT2D eigenvalue weighted by atomic mass is 79.9. The Morgan fingerprint density at radius 2 is 2.19 bits per heavy atom. The number of ether oxygens (including phenoxy) is 1. The van der Waals surface area contributed by atoms with Crippen LogP contribution in [0.4, 0.5) is 0 Å². The highest BCUT2D eigenvalue weighted by Gasteiger charge is 2.03. The molecule has 0 radical (unpaired) electrons. The molecule has 0 unspecified atom stereocenters. The van der Waals surface area contributed by atoms with Crippen molar-refractivity contribution in [2.45, 2.75) is 0 Å². The summed E-state index contributed by atoms with van der Waals surface area (Å²) < 4.78 is 6.55. The molecule has 5 heteroatoms. The van der Waals surface area contributed by atoms with E-state index in [1.165, 1.54) is 0 Å². The number of nitrogens with zero attached hydrogens (tertiary/aromatic N) is 1. The Hall–Kier alpha value is -1.20. The van der Waals surface area contributed by atoms with Crippen LogP contribution in [0.3, 0.4) is 0 Å². The minimum atomic E-state index is 0.476. The molecule has 0 amide bonds. The normalized spacial score (nSPS) is 10.1. The van der Waals surface area contributed by atoms with E-state index in [4.69, 9.17) is 17.0 Å². The topological polar surface area (TPSA) is 37.9 Å². The molecule has 0 aliphatic carbocycles. The molecular weight excluding hydrogens is 288 g/mol. The fraction of sp³-hybridized carbons (Fsp3) is 0.0909. The second-order valence-corrected chi connectivity index (χ2v) is 4.38. The van der Waals surface area contributed by atoms with Gasteiger partial charge in [-0.3, -0.25) is 0 Å². The number of aromatic amines is 1. The molecule has 0 saturated heterocycles. The first-order valence-corrected chi connectivity index (χ1v) is 5.80. The molecule has 2 aromatic rings. The predicted octanol–water partition coefficient (Wildman–Crippen LogP) is 3.58. The summed E-state index contributed by atoms with van der Waals surface area (Å²) in [5, 5.41) is 0. The van der Waals surface area contributed by atoms with Gasteiger partial charge in [-0.05, 0) is 58.0 Å². The summed E-state index contributed by atoms with van der Waals surface area (Å²) in [6, 6.07) is 7.71. The second kappa shape index (κ2) is 4.76. The number of hydrogen-bond donors (Lipinski definition) is 1. The van der Waals surface area contributed by atoms with E-state index in [-0.39, 0.29) is 0 Å². The van der Waals surface area contributed by atoms with Gasteiger partial charge >= 0.3 is 0 Å². The predicted molar refractivity (Wildman–Crippen MR) is 69.1 cm³/mol. The van der Waals surface area contributed by atoms with E-state index in [0.29, 0.717) is 4.77 Å². The second-order valence-electron chi connectivity index (χ2n) is 3.14. The van der Waals surface area contributed by atoms with E-state index in [0.717, 1.165) is 21.5 Å². The molecule has 0 saturated carbocycles. The van der Waals surface area contributed by atoms with Gasteiger partial charge in [-0.1, -0.05) is 0 Å². The van der Waals surface area contributed by atoms with Crippen molar-refractivity contribution < 1.29 is 4.74 Å². The van der Waals surface area contributed by atoms with Crippen molar-refractivity contribution in [1.82, 2.24) is 9.97 Å². The number of H-pyrrole nitrogens is 1. The Kier molecular flexibility index (Phi) is 3.36. The van der Waals surface area contributed by atoms with Gasteiger partial charge in [0.05, 0.1) is 11.6 Å². The maximum atomic E-state index is 5.17. The largest absolute Gasteiger partial charge is 0.496 e. The van der Waals surface area contributed by atoms with Crippen LogP contribution >= 0.6 is 28.1 Å². The Balaban J connectivity index is 2.49. The number of nitrogens with one attached hydrogen (secondary N) is 1. The molecule has 1 aromatic carbocycles. The van der Waals surface area contributed by atoms with Crippen LogP contribution in [0.15, 0.2) is 34.9 Å². The quantitative estimate of drug-likeness (QED) is 0.861. The van der Waals surface area contributed by atoms with Gasteiger partial charge < -0.3 is 9.72 Å². The average Bonchev–Trinajstić information content (AvgIpc) is 2.29. The van der Waals surface area contributed by atoms with Crippen molar-refractivity contribution in [3.8, 4) is 17.0 Å². The van der Waals surface area contributed by atoms with Crippen LogP contribution in [0.25, 0.3) is 11.3 Å². The van der Waals surface area contributed by atoms with Gasteiger partial charge in [0.15, 0.2) is 4.77 Å². The molecule has 82 valence electrons. The molecule has 1 aromatic heterocycles. The van der Waals surface area contributed by atoms with Crippen molar-refractivity contribution in [3.05, 3.63) is 39.7 Å². The van der Waals surface area contributed by atoms with Crippen LogP contribution in [-0.2, 0) is 0 Å². The fourth-order valence-electron chi connectivity index (χ4n) is 1.37. The summed E-state index contributed by atoms with van der Waals surface area (Å²) in [7, 11) is 1.64. The molecular formula is C11H9BrN2OS. The summed E-state index contributed by atoms with van der Waals surface area (Å²) in [6.45, 7) is 0. The summed E-state index contributed by atoms with van der Waals surface area (Å²) in [5.41, 5.74) is 1.96. The van der Waals surface area contributed by atoms with Gasteiger partial charge in [0, 0.05) is 11.9 Å². The van der Waals surface area contributed by atoms with Gasteiger partial charge in [0.25, 0.3) is 0 Å². The van der Waals surface area contributed by atoms with E-state index in [1.807, 2.05) is 24.3 Å². The average molecular weight is 297 g/mol. The maximum absolute atomic E-state index is 5.17. The van der Waals surface area contributed by atoms with Crippen molar-refractivity contribution in [2.24, 2.45) is 0 Å². The Labute approximate surface area is 107 Å². The Morgan fingerprint density at radius 1 is 1.38 bits per heavy atom. The molecule has 1 heterocycles. The van der Waals surface area contributed by atoms with Crippen molar-refractivity contribution in [1.29, 1.82) is 0 Å². The lowest BCUT2D eigenvalue weighted by Crippen LogP contribution is -1.88. The molecule has 0 aliphatic rings. The highest BCUT2D eigenvalue weighted by molar-refractivity contribution is 9.10. The van der Waals surface area contributed by atoms with Crippen LogP contribution in [0, 0.1) is 4.77 Å². The van der Waals surface area contributed by atoms with E-state index in [9.17, 15) is 0 Å². The summed E-state index contributed by atoms with van der Waals surface area (Å²) in [6.07, 6.45) is 1.69. The Bertz CT molecular complexity index is 568. The van der Waals surface area contributed by atoms with Crippen LogP contribution < -0.4 is 4.74 Å². The monoisotopic (exact) mass is 296 g/mol. The SMILES string of the molecule is COc1ccc(-c2ccnc(=S)[nH]2)cc1Br. The van der Waals surface area contributed by atoms with Gasteiger partial charge in [-0.25, -0.2) is 4.98 Å². The first-order valence-electron chi connectivity index (χ1n) is 4.60. The molecule has 0 bridgehead atoms. The van der Waals surface area contributed by atoms with Crippen molar-refractivity contribution in [3.63, 3.8) is 0 Å². The molecule has 1 N–H and O–H groups in total. The van der Waals surface area contributed by atoms with Crippen LogP contribution in [0.1, 0.15) is 0 Å². The number of hydrogen-bond acceptors (Lipinski definition) is 3. The zero-order valence-corrected chi connectivity index (χ0v) is 10.9. The lowest BCUT2D eigenvalue weighted by molar-refractivity contribution is 0.412. The van der Waals surface area contributed by atoms with Gasteiger partial charge in [0.2, 0.25) is 0 Å². The minimum Gasteiger partial charge on any atom is -0.496 e. The number of methoxy groups -OCH3 is 1. The zero-order valence-electron chi connectivity index (χ0n) is 8.53. The van der Waals surface area contributed by atoms with E-state index in [1.54, 1.807) is 13.3 Å². The smallest absolute Gasteiger partial charge is 0.197 e. The van der Waals surface area contributed by atoms with Crippen molar-refractivity contribution in [2.75, 3.05) is 7.11 Å². The van der Waals surface area contributed by atoms with Gasteiger partial charge in [-0.2, -0.15) is 0 Å². The van der Waals surface area contributed by atoms with Crippen molar-refractivity contribution >= 4 is 28.1 Å². The summed E-state index contributed by atoms with van der Waals surface area (Å²) in [5.74, 6) is 0.802. The fourth-order valence-corrected chi connectivity index (χ4v) is 2.08. The van der Waals surface area contributed by atoms with E-state index < -0.39 is 0 Å². The third-order valence-electron chi connectivity index (χ3n) is 2.14. The Morgan fingerprint density at radius 3 is 2.81 bits per heavy atom. The maximum Gasteiger partial charge on any atom is 0.197 e. The van der Waals surface area contributed by atoms with Gasteiger partial charge in [-0.15, -0.1) is 0 Å². The lowest BCUT2D eigenvalue weighted by Gasteiger charge is -2.06. The molecule has 2 rings (SSSR count). The highest BCUT2D eigenvalue weighted by Crippen LogP contribution is 2.29. The number of benzene rings is 1. The molecule has 3 nitrogen and oxygen atoms in total. The molecule has 16 heavy (non-hydrogen) atoms. The standard InChI is InChI=1S/C11H9BrN2OS/c1-15-10-3-2-7(6-8(10)12)9-4-5-13-11(16)14-9/h2-6H,1H3,(H,13,14,16). The van der Waals surface area contributed by atoms with Crippen LogP contribution in [0.2, 0.25) is 0 Å². The third kappa shape index (κ3) is 2.31. The first kappa shape index (κ1) is 11.3. The molecule has 0 atom stereocenters. The molecule has 0 aliphatic heterocycles.